The van der Waals surface area contributed by atoms with E-state index in [1.165, 1.54) is 5.56 Å². The lowest BCUT2D eigenvalue weighted by atomic mass is 10.00. The Bertz CT molecular complexity index is 1300. The number of hydrogen-bond donors (Lipinski definition) is 2. The second-order valence-electron chi connectivity index (χ2n) is 8.43. The third-order valence-corrected chi connectivity index (χ3v) is 5.28. The summed E-state index contributed by atoms with van der Waals surface area (Å²) in [6.45, 7) is 4.85. The molecule has 4 rings (SSSR count). The molecule has 0 unspecified atom stereocenters. The van der Waals surface area contributed by atoms with Gasteiger partial charge in [0.25, 0.3) is 0 Å². The molecule has 0 radical (unpaired) electrons. The van der Waals surface area contributed by atoms with Gasteiger partial charge in [-0.25, -0.2) is 4.98 Å². The number of benzene rings is 2. The van der Waals surface area contributed by atoms with Crippen molar-refractivity contribution in [2.45, 2.75) is 13.8 Å². The molecule has 5 heteroatoms. The van der Waals surface area contributed by atoms with E-state index in [1.807, 2.05) is 56.5 Å². The molecule has 0 saturated carbocycles. The number of fused-ring (bicyclic) bond motifs is 1. The van der Waals surface area contributed by atoms with Crippen LogP contribution in [0.1, 0.15) is 11.1 Å². The Kier molecular flexibility index (Phi) is 6.19. The van der Waals surface area contributed by atoms with E-state index in [0.29, 0.717) is 0 Å². The van der Waals surface area contributed by atoms with Crippen molar-refractivity contribution >= 4 is 22.6 Å². The van der Waals surface area contributed by atoms with Gasteiger partial charge in [0, 0.05) is 47.2 Å². The van der Waals surface area contributed by atoms with Gasteiger partial charge in [-0.05, 0) is 62.8 Å². The number of nitrogens with zero attached hydrogens (tertiary/aromatic N) is 2. The largest absolute Gasteiger partial charge is 0.346 e. The van der Waals surface area contributed by atoms with Crippen molar-refractivity contribution in [3.05, 3.63) is 84.2 Å². The summed E-state index contributed by atoms with van der Waals surface area (Å²) >= 11 is 0. The maximum atomic E-state index is 12.3. The molecule has 2 aromatic heterocycles. The molecule has 0 aliphatic heterocycles. The minimum atomic E-state index is -0.135. The Labute approximate surface area is 188 Å². The monoisotopic (exact) mass is 424 g/mol. The van der Waals surface area contributed by atoms with Crippen LogP contribution in [-0.2, 0) is 4.79 Å². The highest BCUT2D eigenvalue weighted by molar-refractivity contribution is 6.00. The summed E-state index contributed by atoms with van der Waals surface area (Å²) in [5.74, 6) is -0.135. The average molecular weight is 425 g/mol. The third kappa shape index (κ3) is 4.95. The number of carbonyl (C=O) groups excluding carboxylic acids is 1. The van der Waals surface area contributed by atoms with Gasteiger partial charge >= 0.3 is 0 Å². The Balaban J connectivity index is 1.66. The summed E-state index contributed by atoms with van der Waals surface area (Å²) in [7, 11) is 3.93. The Morgan fingerprint density at radius 3 is 2.62 bits per heavy atom. The van der Waals surface area contributed by atoms with E-state index in [2.05, 4.69) is 58.6 Å². The van der Waals surface area contributed by atoms with Gasteiger partial charge in [0.1, 0.15) is 5.65 Å². The van der Waals surface area contributed by atoms with Crippen LogP contribution in [0.15, 0.2) is 73.1 Å². The van der Waals surface area contributed by atoms with Crippen LogP contribution < -0.4 is 5.32 Å². The number of pyridine rings is 1. The molecule has 0 spiro atoms. The van der Waals surface area contributed by atoms with E-state index in [0.717, 1.165) is 51.1 Å². The van der Waals surface area contributed by atoms with Crippen LogP contribution in [0, 0.1) is 13.8 Å². The molecule has 5 nitrogen and oxygen atoms in total. The van der Waals surface area contributed by atoms with Gasteiger partial charge in [0.15, 0.2) is 0 Å². The zero-order chi connectivity index (χ0) is 22.7. The minimum Gasteiger partial charge on any atom is -0.346 e. The van der Waals surface area contributed by atoms with Crippen LogP contribution in [0.25, 0.3) is 33.3 Å². The number of amides is 1. The molecule has 2 aromatic carbocycles. The zero-order valence-corrected chi connectivity index (χ0v) is 18.9. The van der Waals surface area contributed by atoms with Crippen molar-refractivity contribution in [2.75, 3.05) is 26.0 Å². The molecule has 2 heterocycles. The number of rotatable bonds is 6. The van der Waals surface area contributed by atoms with E-state index in [1.54, 1.807) is 6.08 Å². The summed E-state index contributed by atoms with van der Waals surface area (Å²) in [6.07, 6.45) is 7.31. The van der Waals surface area contributed by atoms with Gasteiger partial charge < -0.3 is 15.2 Å². The van der Waals surface area contributed by atoms with Crippen LogP contribution in [0.5, 0.6) is 0 Å². The third-order valence-electron chi connectivity index (χ3n) is 5.28. The molecule has 0 bridgehead atoms. The number of aromatic amines is 1. The Morgan fingerprint density at radius 2 is 1.84 bits per heavy atom. The standard InChI is InChI=1S/C27H28N4O/c1-18-7-5-8-20(11-18)25-17-29-27-24(25)15-22(16-28-27)21-12-19(2)13-23(14-21)30-26(32)9-6-10-31(3)4/h5-9,11-17H,10H2,1-4H3,(H,28,29)(H,30,32)/b9-6+. The van der Waals surface area contributed by atoms with Crippen molar-refractivity contribution in [1.29, 1.82) is 0 Å². The molecule has 0 saturated heterocycles. The molecule has 1 amide bonds. The molecular formula is C27H28N4O. The zero-order valence-electron chi connectivity index (χ0n) is 18.9. The van der Waals surface area contributed by atoms with Crippen LogP contribution in [0.4, 0.5) is 5.69 Å². The van der Waals surface area contributed by atoms with Gasteiger partial charge in [-0.15, -0.1) is 0 Å². The fourth-order valence-corrected chi connectivity index (χ4v) is 3.79. The number of likely N-dealkylation sites (N-methyl/N-ethyl adjacent to an activating group) is 1. The Hall–Kier alpha value is -3.70. The molecule has 0 fully saturated rings. The van der Waals surface area contributed by atoms with Crippen molar-refractivity contribution in [3.63, 3.8) is 0 Å². The van der Waals surface area contributed by atoms with E-state index >= 15 is 0 Å². The predicted molar refractivity (Wildman–Crippen MR) is 133 cm³/mol. The van der Waals surface area contributed by atoms with E-state index in [4.69, 9.17) is 0 Å². The summed E-state index contributed by atoms with van der Waals surface area (Å²) in [6, 6.07) is 16.7. The second kappa shape index (κ2) is 9.20. The van der Waals surface area contributed by atoms with Gasteiger partial charge in [-0.1, -0.05) is 42.0 Å². The maximum absolute atomic E-state index is 12.3. The van der Waals surface area contributed by atoms with E-state index in [-0.39, 0.29) is 5.91 Å². The van der Waals surface area contributed by atoms with Crippen LogP contribution >= 0.6 is 0 Å². The summed E-state index contributed by atoms with van der Waals surface area (Å²) in [5, 5.41) is 4.05. The van der Waals surface area contributed by atoms with Crippen LogP contribution in [0.3, 0.4) is 0 Å². The number of hydrogen-bond acceptors (Lipinski definition) is 3. The number of nitrogens with one attached hydrogen (secondary N) is 2. The molecule has 0 atom stereocenters. The molecule has 4 aromatic rings. The van der Waals surface area contributed by atoms with Gasteiger partial charge in [0.05, 0.1) is 0 Å². The van der Waals surface area contributed by atoms with Crippen molar-refractivity contribution < 1.29 is 4.79 Å². The van der Waals surface area contributed by atoms with Crippen LogP contribution in [-0.4, -0.2) is 41.4 Å². The molecule has 0 aliphatic rings. The fraction of sp³-hybridized carbons (Fsp3) is 0.185. The SMILES string of the molecule is Cc1cc(NC(=O)/C=C/CN(C)C)cc(-c2cnc3[nH]cc(-c4cccc(C)c4)c3c2)c1. The first-order chi connectivity index (χ1) is 15.4. The first-order valence-electron chi connectivity index (χ1n) is 10.7. The first-order valence-corrected chi connectivity index (χ1v) is 10.7. The van der Waals surface area contributed by atoms with E-state index in [9.17, 15) is 4.79 Å². The highest BCUT2D eigenvalue weighted by atomic mass is 16.1. The lowest BCUT2D eigenvalue weighted by Crippen LogP contribution is -2.13. The van der Waals surface area contributed by atoms with Gasteiger partial charge in [-0.2, -0.15) is 0 Å². The quantitative estimate of drug-likeness (QED) is 0.398. The highest BCUT2D eigenvalue weighted by Gasteiger charge is 2.10. The normalized spacial score (nSPS) is 11.5. The fourth-order valence-electron chi connectivity index (χ4n) is 3.79. The molecular weight excluding hydrogens is 396 g/mol. The summed E-state index contributed by atoms with van der Waals surface area (Å²) in [5.41, 5.74) is 8.24. The van der Waals surface area contributed by atoms with E-state index < -0.39 is 0 Å². The number of aromatic nitrogens is 2. The van der Waals surface area contributed by atoms with Crippen molar-refractivity contribution in [1.82, 2.24) is 14.9 Å². The first kappa shape index (κ1) is 21.5. The van der Waals surface area contributed by atoms with Gasteiger partial charge in [0.2, 0.25) is 5.91 Å². The Morgan fingerprint density at radius 1 is 1.03 bits per heavy atom. The summed E-state index contributed by atoms with van der Waals surface area (Å²) in [4.78, 5) is 22.2. The van der Waals surface area contributed by atoms with Gasteiger partial charge in [-0.3, -0.25) is 4.79 Å². The average Bonchev–Trinajstić information content (AvgIpc) is 3.16. The maximum Gasteiger partial charge on any atom is 0.248 e. The van der Waals surface area contributed by atoms with Crippen molar-refractivity contribution in [2.24, 2.45) is 0 Å². The lowest BCUT2D eigenvalue weighted by Gasteiger charge is -2.09. The molecule has 32 heavy (non-hydrogen) atoms. The lowest BCUT2D eigenvalue weighted by molar-refractivity contribution is -0.111. The number of anilines is 1. The highest BCUT2D eigenvalue weighted by Crippen LogP contribution is 2.32. The predicted octanol–water partition coefficient (Wildman–Crippen LogP) is 5.57. The number of aryl methyl sites for hydroxylation is 2. The molecule has 162 valence electrons. The number of H-pyrrole nitrogens is 1. The second-order valence-corrected chi connectivity index (χ2v) is 8.43. The molecule has 0 aliphatic carbocycles. The smallest absolute Gasteiger partial charge is 0.248 e. The van der Waals surface area contributed by atoms with Crippen molar-refractivity contribution in [3.8, 4) is 22.3 Å². The minimum absolute atomic E-state index is 0.135. The van der Waals surface area contributed by atoms with Crippen LogP contribution in [0.2, 0.25) is 0 Å². The topological polar surface area (TPSA) is 61.0 Å². The number of carbonyl (C=O) groups is 1. The summed E-state index contributed by atoms with van der Waals surface area (Å²) < 4.78 is 0. The molecule has 2 N–H and O–H groups in total.